The molecule has 0 unspecified atom stereocenters. The number of aromatic nitrogens is 2. The Morgan fingerprint density at radius 1 is 1.33 bits per heavy atom. The number of nitrogens with one attached hydrogen (secondary N) is 1. The number of carbonyl (C=O) groups is 1. The van der Waals surface area contributed by atoms with Gasteiger partial charge in [0, 0.05) is 17.7 Å². The van der Waals surface area contributed by atoms with E-state index in [1.165, 1.54) is 11.1 Å². The third-order valence-corrected chi connectivity index (χ3v) is 3.13. The smallest absolute Gasteiger partial charge is 0.303 e. The van der Waals surface area contributed by atoms with E-state index in [-0.39, 0.29) is 6.42 Å². The first-order chi connectivity index (χ1) is 8.58. The molecule has 2 rings (SSSR count). The van der Waals surface area contributed by atoms with Crippen LogP contribution in [0.25, 0.3) is 11.1 Å². The van der Waals surface area contributed by atoms with Crippen LogP contribution >= 0.6 is 0 Å². The van der Waals surface area contributed by atoms with E-state index >= 15 is 0 Å². The Morgan fingerprint density at radius 2 is 2.11 bits per heavy atom. The lowest BCUT2D eigenvalue weighted by Crippen LogP contribution is -1.99. The molecule has 1 aromatic carbocycles. The summed E-state index contributed by atoms with van der Waals surface area (Å²) in [5.41, 5.74) is 5.40. The number of carboxylic acids is 1. The highest BCUT2D eigenvalue weighted by molar-refractivity contribution is 5.69. The molecule has 0 aliphatic rings. The van der Waals surface area contributed by atoms with Crippen LogP contribution in [0.5, 0.6) is 0 Å². The standard InChI is InChI=1S/C14H16N2O2/c1-9-3-4-11(7-10(9)2)12-8-15-16-13(12)5-6-14(17)18/h3-4,7-8H,5-6H2,1-2H3,(H,15,16)(H,17,18). The third kappa shape index (κ3) is 2.59. The number of aromatic amines is 1. The van der Waals surface area contributed by atoms with Gasteiger partial charge in [0.15, 0.2) is 0 Å². The molecule has 4 nitrogen and oxygen atoms in total. The van der Waals surface area contributed by atoms with Crippen LogP contribution in [0, 0.1) is 13.8 Å². The van der Waals surface area contributed by atoms with Gasteiger partial charge in [-0.2, -0.15) is 5.10 Å². The van der Waals surface area contributed by atoms with Crippen molar-refractivity contribution in [1.82, 2.24) is 10.2 Å². The highest BCUT2D eigenvalue weighted by Gasteiger charge is 2.09. The third-order valence-electron chi connectivity index (χ3n) is 3.13. The van der Waals surface area contributed by atoms with E-state index in [1.54, 1.807) is 6.20 Å². The molecule has 18 heavy (non-hydrogen) atoms. The van der Waals surface area contributed by atoms with Gasteiger partial charge in [0.1, 0.15) is 0 Å². The summed E-state index contributed by atoms with van der Waals surface area (Å²) in [6, 6.07) is 6.21. The van der Waals surface area contributed by atoms with Gasteiger partial charge in [-0.3, -0.25) is 9.89 Å². The molecule has 1 aromatic heterocycles. The molecule has 2 aromatic rings. The summed E-state index contributed by atoms with van der Waals surface area (Å²) >= 11 is 0. The summed E-state index contributed by atoms with van der Waals surface area (Å²) in [6.45, 7) is 4.13. The van der Waals surface area contributed by atoms with Crippen LogP contribution in [0.4, 0.5) is 0 Å². The number of aliphatic carboxylic acids is 1. The van der Waals surface area contributed by atoms with Crippen molar-refractivity contribution in [2.24, 2.45) is 0 Å². The quantitative estimate of drug-likeness (QED) is 0.869. The highest BCUT2D eigenvalue weighted by Crippen LogP contribution is 2.25. The Morgan fingerprint density at radius 3 is 2.78 bits per heavy atom. The van der Waals surface area contributed by atoms with Crippen LogP contribution in [0.15, 0.2) is 24.4 Å². The van der Waals surface area contributed by atoms with Crippen molar-refractivity contribution in [2.75, 3.05) is 0 Å². The minimum Gasteiger partial charge on any atom is -0.481 e. The molecular formula is C14H16N2O2. The second kappa shape index (κ2) is 5.04. The monoisotopic (exact) mass is 244 g/mol. The summed E-state index contributed by atoms with van der Waals surface area (Å²) < 4.78 is 0. The molecule has 4 heteroatoms. The van der Waals surface area contributed by atoms with Gasteiger partial charge < -0.3 is 5.11 Å². The van der Waals surface area contributed by atoms with E-state index in [0.717, 1.165) is 16.8 Å². The zero-order chi connectivity index (χ0) is 13.1. The summed E-state index contributed by atoms with van der Waals surface area (Å²) in [5.74, 6) is -0.796. The second-order valence-electron chi connectivity index (χ2n) is 4.46. The van der Waals surface area contributed by atoms with E-state index in [4.69, 9.17) is 5.11 Å². The SMILES string of the molecule is Cc1ccc(-c2cn[nH]c2CCC(=O)O)cc1C. The average molecular weight is 244 g/mol. The first kappa shape index (κ1) is 12.4. The van der Waals surface area contributed by atoms with Crippen molar-refractivity contribution in [1.29, 1.82) is 0 Å². The maximum absolute atomic E-state index is 10.6. The highest BCUT2D eigenvalue weighted by atomic mass is 16.4. The fourth-order valence-electron chi connectivity index (χ4n) is 1.89. The van der Waals surface area contributed by atoms with Gasteiger partial charge in [-0.05, 0) is 30.5 Å². The zero-order valence-electron chi connectivity index (χ0n) is 10.5. The number of hydrogen-bond acceptors (Lipinski definition) is 2. The zero-order valence-corrected chi connectivity index (χ0v) is 10.5. The Kier molecular flexibility index (Phi) is 3.46. The van der Waals surface area contributed by atoms with E-state index in [0.29, 0.717) is 6.42 Å². The second-order valence-corrected chi connectivity index (χ2v) is 4.46. The van der Waals surface area contributed by atoms with Gasteiger partial charge in [0.05, 0.1) is 12.6 Å². The van der Waals surface area contributed by atoms with E-state index in [2.05, 4.69) is 36.2 Å². The van der Waals surface area contributed by atoms with Crippen LogP contribution in [0.1, 0.15) is 23.2 Å². The molecule has 0 atom stereocenters. The number of nitrogens with zero attached hydrogens (tertiary/aromatic N) is 1. The molecule has 1 heterocycles. The maximum atomic E-state index is 10.6. The molecule has 94 valence electrons. The molecule has 0 amide bonds. The fourth-order valence-corrected chi connectivity index (χ4v) is 1.89. The molecule has 0 bridgehead atoms. The van der Waals surface area contributed by atoms with Crippen LogP contribution in [0.2, 0.25) is 0 Å². The Bertz CT molecular complexity index is 573. The van der Waals surface area contributed by atoms with Crippen molar-refractivity contribution in [2.45, 2.75) is 26.7 Å². The number of hydrogen-bond donors (Lipinski definition) is 2. The molecule has 0 fully saturated rings. The maximum Gasteiger partial charge on any atom is 0.303 e. The van der Waals surface area contributed by atoms with Gasteiger partial charge in [0.2, 0.25) is 0 Å². The van der Waals surface area contributed by atoms with Crippen molar-refractivity contribution in [3.8, 4) is 11.1 Å². The Hall–Kier alpha value is -2.10. The topological polar surface area (TPSA) is 66.0 Å². The molecule has 0 spiro atoms. The predicted molar refractivity (Wildman–Crippen MR) is 69.5 cm³/mol. The largest absolute Gasteiger partial charge is 0.481 e. The van der Waals surface area contributed by atoms with Crippen molar-refractivity contribution < 1.29 is 9.90 Å². The lowest BCUT2D eigenvalue weighted by atomic mass is 9.99. The van der Waals surface area contributed by atoms with Crippen molar-refractivity contribution >= 4 is 5.97 Å². The molecule has 0 saturated heterocycles. The van der Waals surface area contributed by atoms with E-state index in [9.17, 15) is 4.79 Å². The Balaban J connectivity index is 2.30. The molecule has 2 N–H and O–H groups in total. The first-order valence-electron chi connectivity index (χ1n) is 5.89. The molecule has 0 aliphatic heterocycles. The summed E-state index contributed by atoms with van der Waals surface area (Å²) in [4.78, 5) is 10.6. The van der Waals surface area contributed by atoms with Gasteiger partial charge >= 0.3 is 5.97 Å². The van der Waals surface area contributed by atoms with Gasteiger partial charge in [-0.15, -0.1) is 0 Å². The first-order valence-corrected chi connectivity index (χ1v) is 5.89. The number of aryl methyl sites for hydroxylation is 3. The van der Waals surface area contributed by atoms with Crippen LogP contribution in [0.3, 0.4) is 0 Å². The lowest BCUT2D eigenvalue weighted by Gasteiger charge is -2.05. The summed E-state index contributed by atoms with van der Waals surface area (Å²) in [5, 5.41) is 15.6. The minimum absolute atomic E-state index is 0.111. The van der Waals surface area contributed by atoms with Crippen LogP contribution in [-0.4, -0.2) is 21.3 Å². The summed E-state index contributed by atoms with van der Waals surface area (Å²) in [6.07, 6.45) is 2.33. The lowest BCUT2D eigenvalue weighted by molar-refractivity contribution is -0.136. The number of rotatable bonds is 4. The van der Waals surface area contributed by atoms with Crippen LogP contribution < -0.4 is 0 Å². The van der Waals surface area contributed by atoms with Crippen LogP contribution in [-0.2, 0) is 11.2 Å². The minimum atomic E-state index is -0.796. The van der Waals surface area contributed by atoms with E-state index < -0.39 is 5.97 Å². The van der Waals surface area contributed by atoms with Crippen molar-refractivity contribution in [3.63, 3.8) is 0 Å². The van der Waals surface area contributed by atoms with Crippen molar-refractivity contribution in [3.05, 3.63) is 41.2 Å². The molecule has 0 saturated carbocycles. The number of H-pyrrole nitrogens is 1. The van der Waals surface area contributed by atoms with Gasteiger partial charge in [-0.1, -0.05) is 18.2 Å². The normalized spacial score (nSPS) is 10.6. The molecule has 0 aliphatic carbocycles. The molecular weight excluding hydrogens is 228 g/mol. The summed E-state index contributed by atoms with van der Waals surface area (Å²) in [7, 11) is 0. The molecule has 0 radical (unpaired) electrons. The average Bonchev–Trinajstić information content (AvgIpc) is 2.78. The predicted octanol–water partition coefficient (Wildman–Crippen LogP) is 2.71. The fraction of sp³-hybridized carbons (Fsp3) is 0.286. The number of carboxylic acid groups (broad SMARTS) is 1. The Labute approximate surface area is 106 Å². The van der Waals surface area contributed by atoms with Gasteiger partial charge in [-0.25, -0.2) is 0 Å². The van der Waals surface area contributed by atoms with E-state index in [1.807, 2.05) is 6.07 Å². The number of benzene rings is 1. The van der Waals surface area contributed by atoms with Gasteiger partial charge in [0.25, 0.3) is 0 Å².